The van der Waals surface area contributed by atoms with E-state index in [9.17, 15) is 4.79 Å². The number of anilines is 1. The molecule has 5 rings (SSSR count). The molecule has 2 heterocycles. The summed E-state index contributed by atoms with van der Waals surface area (Å²) < 4.78 is 2.01. The fraction of sp³-hybridized carbons (Fsp3) is 0.0833. The first kappa shape index (κ1) is 18.9. The molecule has 0 amide bonds. The molecular weight excluding hydrogens is 417 g/mol. The highest BCUT2D eigenvalue weighted by atomic mass is 35.5. The normalized spacial score (nSPS) is 15.8. The third kappa shape index (κ3) is 2.92. The second kappa shape index (κ2) is 7.31. The van der Waals surface area contributed by atoms with Crippen LogP contribution < -0.4 is 5.32 Å². The number of halogens is 2. The molecule has 0 bridgehead atoms. The molecule has 1 aliphatic rings. The quantitative estimate of drug-likeness (QED) is 0.374. The first-order valence-corrected chi connectivity index (χ1v) is 10.3. The SMILES string of the molecule is CC1=C(C(=O)c2ccccc2)C(c2c(Cl)cccc2Cl)n2c(nc3ccccc32)N1. The molecule has 1 aromatic heterocycles. The average molecular weight is 434 g/mol. The van der Waals surface area contributed by atoms with E-state index in [2.05, 4.69) is 5.32 Å². The third-order valence-electron chi connectivity index (χ3n) is 5.38. The van der Waals surface area contributed by atoms with E-state index < -0.39 is 6.04 Å². The Balaban J connectivity index is 1.82. The number of carbonyl (C=O) groups excluding carboxylic acids is 1. The number of imidazole rings is 1. The maximum atomic E-state index is 13.7. The van der Waals surface area contributed by atoms with Crippen LogP contribution in [0.2, 0.25) is 10.0 Å². The van der Waals surface area contributed by atoms with E-state index in [1.165, 1.54) is 0 Å². The fourth-order valence-corrected chi connectivity index (χ4v) is 4.65. The van der Waals surface area contributed by atoms with Gasteiger partial charge in [0.05, 0.1) is 17.1 Å². The van der Waals surface area contributed by atoms with Crippen LogP contribution in [0.5, 0.6) is 0 Å². The van der Waals surface area contributed by atoms with Crippen LogP contribution in [-0.4, -0.2) is 15.3 Å². The first-order chi connectivity index (χ1) is 14.6. The lowest BCUT2D eigenvalue weighted by Gasteiger charge is -2.31. The van der Waals surface area contributed by atoms with Gasteiger partial charge < -0.3 is 5.32 Å². The number of nitrogens with zero attached hydrogens (tertiary/aromatic N) is 2. The Labute approximate surface area is 183 Å². The van der Waals surface area contributed by atoms with E-state index in [4.69, 9.17) is 28.2 Å². The van der Waals surface area contributed by atoms with E-state index in [1.807, 2.05) is 66.1 Å². The zero-order valence-electron chi connectivity index (χ0n) is 16.1. The summed E-state index contributed by atoms with van der Waals surface area (Å²) >= 11 is 13.3. The fourth-order valence-electron chi connectivity index (χ4n) is 4.05. The molecule has 1 unspecified atom stereocenters. The Morgan fingerprint density at radius 1 is 0.933 bits per heavy atom. The van der Waals surface area contributed by atoms with E-state index in [-0.39, 0.29) is 5.78 Å². The number of hydrogen-bond acceptors (Lipinski definition) is 3. The molecule has 1 N–H and O–H groups in total. The number of aromatic nitrogens is 2. The first-order valence-electron chi connectivity index (χ1n) is 9.54. The molecule has 0 radical (unpaired) electrons. The number of allylic oxidation sites excluding steroid dienone is 2. The number of para-hydroxylation sites is 2. The smallest absolute Gasteiger partial charge is 0.209 e. The van der Waals surface area contributed by atoms with Crippen LogP contribution in [0.15, 0.2) is 84.1 Å². The summed E-state index contributed by atoms with van der Waals surface area (Å²) in [4.78, 5) is 18.4. The largest absolute Gasteiger partial charge is 0.329 e. The average Bonchev–Trinajstić information content (AvgIpc) is 3.11. The van der Waals surface area contributed by atoms with Crippen molar-refractivity contribution in [2.45, 2.75) is 13.0 Å². The summed E-state index contributed by atoms with van der Waals surface area (Å²) in [5, 5.41) is 4.32. The Kier molecular flexibility index (Phi) is 4.61. The van der Waals surface area contributed by atoms with Gasteiger partial charge in [0.2, 0.25) is 5.95 Å². The van der Waals surface area contributed by atoms with Crippen LogP contribution in [0, 0.1) is 0 Å². The van der Waals surface area contributed by atoms with Gasteiger partial charge in [-0.3, -0.25) is 9.36 Å². The van der Waals surface area contributed by atoms with Crippen molar-refractivity contribution >= 4 is 46.0 Å². The van der Waals surface area contributed by atoms with Gasteiger partial charge in [-0.25, -0.2) is 4.98 Å². The summed E-state index contributed by atoms with van der Waals surface area (Å²) in [6.45, 7) is 1.89. The summed E-state index contributed by atoms with van der Waals surface area (Å²) in [7, 11) is 0. The topological polar surface area (TPSA) is 46.9 Å². The van der Waals surface area contributed by atoms with Crippen molar-refractivity contribution in [3.8, 4) is 0 Å². The van der Waals surface area contributed by atoms with Crippen molar-refractivity contribution in [2.75, 3.05) is 5.32 Å². The van der Waals surface area contributed by atoms with Crippen molar-refractivity contribution in [3.05, 3.63) is 105 Å². The van der Waals surface area contributed by atoms with Crippen molar-refractivity contribution in [2.24, 2.45) is 0 Å². The standard InChI is InChI=1S/C24H17Cl2N3O/c1-14-20(23(30)15-8-3-2-4-9-15)22(21-16(25)10-7-11-17(21)26)29-19-13-6-5-12-18(19)28-24(29)27-14/h2-13,22H,1H3,(H,27,28). The zero-order chi connectivity index (χ0) is 20.8. The van der Waals surface area contributed by atoms with Crippen molar-refractivity contribution in [1.29, 1.82) is 0 Å². The maximum Gasteiger partial charge on any atom is 0.209 e. The van der Waals surface area contributed by atoms with Crippen LogP contribution in [0.4, 0.5) is 5.95 Å². The number of ketones is 1. The highest BCUT2D eigenvalue weighted by molar-refractivity contribution is 6.36. The molecule has 30 heavy (non-hydrogen) atoms. The van der Waals surface area contributed by atoms with Gasteiger partial charge in [-0.05, 0) is 31.2 Å². The van der Waals surface area contributed by atoms with Gasteiger partial charge in [0.1, 0.15) is 0 Å². The second-order valence-electron chi connectivity index (χ2n) is 7.19. The predicted molar refractivity (Wildman–Crippen MR) is 121 cm³/mol. The summed E-state index contributed by atoms with van der Waals surface area (Å²) in [5.74, 6) is 0.573. The zero-order valence-corrected chi connectivity index (χ0v) is 17.6. The Morgan fingerprint density at radius 2 is 1.60 bits per heavy atom. The Bertz CT molecular complexity index is 1300. The van der Waals surface area contributed by atoms with Gasteiger partial charge >= 0.3 is 0 Å². The molecule has 0 saturated carbocycles. The molecule has 1 atom stereocenters. The van der Waals surface area contributed by atoms with E-state index >= 15 is 0 Å². The number of Topliss-reactive ketones (excluding diaryl/α,β-unsaturated/α-hetero) is 1. The molecular formula is C24H17Cl2N3O. The van der Waals surface area contributed by atoms with Gasteiger partial charge in [0.25, 0.3) is 0 Å². The number of rotatable bonds is 3. The molecule has 1 aliphatic heterocycles. The number of hydrogen-bond donors (Lipinski definition) is 1. The summed E-state index contributed by atoms with van der Waals surface area (Å²) in [5.41, 5.74) is 4.33. The second-order valence-corrected chi connectivity index (χ2v) is 8.01. The van der Waals surface area contributed by atoms with Gasteiger partial charge in [-0.2, -0.15) is 0 Å². The van der Waals surface area contributed by atoms with Crippen LogP contribution >= 0.6 is 23.2 Å². The minimum atomic E-state index is -0.512. The van der Waals surface area contributed by atoms with Crippen LogP contribution in [-0.2, 0) is 0 Å². The Morgan fingerprint density at radius 3 is 2.33 bits per heavy atom. The number of fused-ring (bicyclic) bond motifs is 3. The molecule has 0 fully saturated rings. The van der Waals surface area contributed by atoms with E-state index in [1.54, 1.807) is 18.2 Å². The lowest BCUT2D eigenvalue weighted by atomic mass is 9.89. The van der Waals surface area contributed by atoms with Crippen LogP contribution in [0.3, 0.4) is 0 Å². The summed E-state index contributed by atoms with van der Waals surface area (Å²) in [6, 6.07) is 21.9. The van der Waals surface area contributed by atoms with Crippen molar-refractivity contribution < 1.29 is 4.79 Å². The van der Waals surface area contributed by atoms with Crippen LogP contribution in [0.1, 0.15) is 28.9 Å². The monoisotopic (exact) mass is 433 g/mol. The summed E-state index contributed by atoms with van der Waals surface area (Å²) in [6.07, 6.45) is 0. The predicted octanol–water partition coefficient (Wildman–Crippen LogP) is 6.51. The van der Waals surface area contributed by atoms with Crippen molar-refractivity contribution in [3.63, 3.8) is 0 Å². The van der Waals surface area contributed by atoms with E-state index in [0.29, 0.717) is 32.7 Å². The van der Waals surface area contributed by atoms with Gasteiger partial charge in [0, 0.05) is 32.4 Å². The van der Waals surface area contributed by atoms with Gasteiger partial charge in [-0.1, -0.05) is 71.7 Å². The van der Waals surface area contributed by atoms with Gasteiger partial charge in [0.15, 0.2) is 5.78 Å². The molecule has 4 aromatic rings. The molecule has 148 valence electrons. The maximum absolute atomic E-state index is 13.7. The Hall–Kier alpha value is -3.08. The van der Waals surface area contributed by atoms with Crippen molar-refractivity contribution in [1.82, 2.24) is 9.55 Å². The number of benzene rings is 3. The lowest BCUT2D eigenvalue weighted by Crippen LogP contribution is -2.28. The molecule has 4 nitrogen and oxygen atoms in total. The van der Waals surface area contributed by atoms with E-state index in [0.717, 1.165) is 16.7 Å². The highest BCUT2D eigenvalue weighted by Gasteiger charge is 2.36. The molecule has 3 aromatic carbocycles. The van der Waals surface area contributed by atoms with Gasteiger partial charge in [-0.15, -0.1) is 0 Å². The van der Waals surface area contributed by atoms with Crippen LogP contribution in [0.25, 0.3) is 11.0 Å². The minimum absolute atomic E-state index is 0.0787. The number of carbonyl (C=O) groups is 1. The minimum Gasteiger partial charge on any atom is -0.329 e. The highest BCUT2D eigenvalue weighted by Crippen LogP contribution is 2.44. The number of nitrogens with one attached hydrogen (secondary N) is 1. The molecule has 0 aliphatic carbocycles. The third-order valence-corrected chi connectivity index (χ3v) is 6.04. The molecule has 0 spiro atoms. The molecule has 6 heteroatoms. The lowest BCUT2D eigenvalue weighted by molar-refractivity contribution is 0.102. The molecule has 0 saturated heterocycles.